The van der Waals surface area contributed by atoms with Gasteiger partial charge in [-0.3, -0.25) is 0 Å². The minimum absolute atomic E-state index is 0.663. The lowest BCUT2D eigenvalue weighted by Gasteiger charge is -2.01. The number of aryl methyl sites for hydroxylation is 1. The van der Waals surface area contributed by atoms with Gasteiger partial charge in [-0.15, -0.1) is 11.3 Å². The lowest BCUT2D eigenvalue weighted by molar-refractivity contribution is 1.26. The lowest BCUT2D eigenvalue weighted by Crippen LogP contribution is -1.89. The van der Waals surface area contributed by atoms with Crippen LogP contribution in [0.5, 0.6) is 0 Å². The van der Waals surface area contributed by atoms with E-state index in [1.807, 2.05) is 24.4 Å². The van der Waals surface area contributed by atoms with E-state index in [1.54, 1.807) is 23.5 Å². The summed E-state index contributed by atoms with van der Waals surface area (Å²) in [6.45, 7) is 1.96. The SMILES string of the molecule is Cc1csc(Nc2ccc(C#N)cc2)n1. The number of aromatic nitrogens is 1. The van der Waals surface area contributed by atoms with Gasteiger partial charge < -0.3 is 5.32 Å². The summed E-state index contributed by atoms with van der Waals surface area (Å²) in [5.41, 5.74) is 2.62. The number of anilines is 2. The van der Waals surface area contributed by atoms with Crippen LogP contribution < -0.4 is 5.32 Å². The molecule has 15 heavy (non-hydrogen) atoms. The van der Waals surface area contributed by atoms with Gasteiger partial charge in [0.2, 0.25) is 0 Å². The van der Waals surface area contributed by atoms with E-state index < -0.39 is 0 Å². The molecule has 2 aromatic rings. The minimum atomic E-state index is 0.663. The Hall–Kier alpha value is -1.86. The first-order valence-corrected chi connectivity index (χ1v) is 5.35. The first kappa shape index (κ1) is 9.69. The van der Waals surface area contributed by atoms with Crippen LogP contribution in [0.2, 0.25) is 0 Å². The van der Waals surface area contributed by atoms with Crippen LogP contribution in [0.25, 0.3) is 0 Å². The molecule has 0 aliphatic heterocycles. The van der Waals surface area contributed by atoms with Crippen molar-refractivity contribution in [2.45, 2.75) is 6.92 Å². The molecule has 1 heterocycles. The van der Waals surface area contributed by atoms with Gasteiger partial charge in [-0.05, 0) is 31.2 Å². The maximum atomic E-state index is 8.64. The predicted molar refractivity (Wildman–Crippen MR) is 61.3 cm³/mol. The fraction of sp³-hybridized carbons (Fsp3) is 0.0909. The summed E-state index contributed by atoms with van der Waals surface area (Å²) in [6.07, 6.45) is 0. The summed E-state index contributed by atoms with van der Waals surface area (Å²) < 4.78 is 0. The van der Waals surface area contributed by atoms with Crippen LogP contribution in [-0.2, 0) is 0 Å². The van der Waals surface area contributed by atoms with Crippen molar-refractivity contribution in [3.05, 3.63) is 40.9 Å². The third-order valence-electron chi connectivity index (χ3n) is 1.88. The molecule has 0 atom stereocenters. The Balaban J connectivity index is 2.15. The van der Waals surface area contributed by atoms with E-state index in [4.69, 9.17) is 5.26 Å². The van der Waals surface area contributed by atoms with Gasteiger partial charge in [0.25, 0.3) is 0 Å². The highest BCUT2D eigenvalue weighted by atomic mass is 32.1. The molecule has 0 bridgehead atoms. The number of nitrogens with one attached hydrogen (secondary N) is 1. The van der Waals surface area contributed by atoms with E-state index in [1.165, 1.54) is 0 Å². The molecule has 0 fully saturated rings. The van der Waals surface area contributed by atoms with Crippen molar-refractivity contribution in [3.63, 3.8) is 0 Å². The van der Waals surface area contributed by atoms with Crippen LogP contribution >= 0.6 is 11.3 Å². The molecule has 4 heteroatoms. The van der Waals surface area contributed by atoms with Gasteiger partial charge in [-0.1, -0.05) is 0 Å². The summed E-state index contributed by atoms with van der Waals surface area (Å²) in [4.78, 5) is 4.29. The quantitative estimate of drug-likeness (QED) is 0.837. The lowest BCUT2D eigenvalue weighted by atomic mass is 10.2. The number of nitriles is 1. The molecule has 0 spiro atoms. The van der Waals surface area contributed by atoms with Crippen LogP contribution in [-0.4, -0.2) is 4.98 Å². The minimum Gasteiger partial charge on any atom is -0.332 e. The van der Waals surface area contributed by atoms with Gasteiger partial charge in [0.15, 0.2) is 5.13 Å². The van der Waals surface area contributed by atoms with Gasteiger partial charge in [-0.2, -0.15) is 5.26 Å². The normalized spacial score (nSPS) is 9.60. The molecule has 1 aromatic heterocycles. The average Bonchev–Trinajstić information content (AvgIpc) is 2.65. The van der Waals surface area contributed by atoms with E-state index in [0.29, 0.717) is 5.56 Å². The Bertz CT molecular complexity index is 493. The van der Waals surface area contributed by atoms with E-state index in [9.17, 15) is 0 Å². The summed E-state index contributed by atoms with van der Waals surface area (Å²) in [6, 6.07) is 9.38. The third-order valence-corrected chi connectivity index (χ3v) is 2.76. The van der Waals surface area contributed by atoms with Gasteiger partial charge in [0.1, 0.15) is 0 Å². The summed E-state index contributed by atoms with van der Waals surface area (Å²) >= 11 is 1.57. The van der Waals surface area contributed by atoms with E-state index in [-0.39, 0.29) is 0 Å². The summed E-state index contributed by atoms with van der Waals surface area (Å²) in [7, 11) is 0. The number of hydrogen-bond acceptors (Lipinski definition) is 4. The molecule has 0 saturated carbocycles. The zero-order valence-electron chi connectivity index (χ0n) is 8.19. The molecular weight excluding hydrogens is 206 g/mol. The van der Waals surface area contributed by atoms with Gasteiger partial charge in [0, 0.05) is 11.1 Å². The Morgan fingerprint density at radius 2 is 2.07 bits per heavy atom. The highest BCUT2D eigenvalue weighted by Gasteiger charge is 1.98. The molecule has 74 valence electrons. The second kappa shape index (κ2) is 4.11. The van der Waals surface area contributed by atoms with Gasteiger partial charge >= 0.3 is 0 Å². The van der Waals surface area contributed by atoms with Crippen molar-refractivity contribution in [2.24, 2.45) is 0 Å². The number of thiazole rings is 1. The second-order valence-electron chi connectivity index (χ2n) is 3.11. The zero-order chi connectivity index (χ0) is 10.7. The molecule has 0 saturated heterocycles. The monoisotopic (exact) mass is 215 g/mol. The van der Waals surface area contributed by atoms with E-state index in [0.717, 1.165) is 16.5 Å². The van der Waals surface area contributed by atoms with Crippen molar-refractivity contribution < 1.29 is 0 Å². The Labute approximate surface area is 92.0 Å². The molecule has 0 amide bonds. The highest BCUT2D eigenvalue weighted by Crippen LogP contribution is 2.20. The molecule has 1 aromatic carbocycles. The smallest absolute Gasteiger partial charge is 0.187 e. The van der Waals surface area contributed by atoms with Crippen LogP contribution in [0.1, 0.15) is 11.3 Å². The topological polar surface area (TPSA) is 48.7 Å². The average molecular weight is 215 g/mol. The van der Waals surface area contributed by atoms with Crippen LogP contribution in [0.3, 0.4) is 0 Å². The molecular formula is C11H9N3S. The second-order valence-corrected chi connectivity index (χ2v) is 3.97. The molecule has 2 rings (SSSR count). The largest absolute Gasteiger partial charge is 0.332 e. The molecule has 0 aliphatic rings. The Kier molecular flexibility index (Phi) is 2.66. The Morgan fingerprint density at radius 1 is 1.33 bits per heavy atom. The zero-order valence-corrected chi connectivity index (χ0v) is 9.01. The van der Waals surface area contributed by atoms with E-state index in [2.05, 4.69) is 16.4 Å². The number of nitrogens with zero attached hydrogens (tertiary/aromatic N) is 2. The van der Waals surface area contributed by atoms with Crippen molar-refractivity contribution in [1.29, 1.82) is 5.26 Å². The fourth-order valence-electron chi connectivity index (χ4n) is 1.16. The summed E-state index contributed by atoms with van der Waals surface area (Å²) in [5.74, 6) is 0. The third kappa shape index (κ3) is 2.33. The number of hydrogen-bond donors (Lipinski definition) is 1. The maximum absolute atomic E-state index is 8.64. The summed E-state index contributed by atoms with van der Waals surface area (Å²) in [5, 5.41) is 14.7. The molecule has 0 aliphatic carbocycles. The van der Waals surface area contributed by atoms with Gasteiger partial charge in [0.05, 0.1) is 17.3 Å². The standard InChI is InChI=1S/C11H9N3S/c1-8-7-15-11(13-8)14-10-4-2-9(6-12)3-5-10/h2-5,7H,1H3,(H,13,14). The predicted octanol–water partition coefficient (Wildman–Crippen LogP) is 3.07. The maximum Gasteiger partial charge on any atom is 0.187 e. The Morgan fingerprint density at radius 3 is 2.60 bits per heavy atom. The van der Waals surface area contributed by atoms with Crippen LogP contribution in [0.15, 0.2) is 29.6 Å². The van der Waals surface area contributed by atoms with Crippen LogP contribution in [0, 0.1) is 18.3 Å². The first-order chi connectivity index (χ1) is 7.28. The molecule has 0 unspecified atom stereocenters. The molecule has 0 radical (unpaired) electrons. The van der Waals surface area contributed by atoms with Crippen molar-refractivity contribution in [3.8, 4) is 6.07 Å². The first-order valence-electron chi connectivity index (χ1n) is 4.47. The molecule has 1 N–H and O–H groups in total. The highest BCUT2D eigenvalue weighted by molar-refractivity contribution is 7.13. The van der Waals surface area contributed by atoms with Crippen LogP contribution in [0.4, 0.5) is 10.8 Å². The molecule has 3 nitrogen and oxygen atoms in total. The van der Waals surface area contributed by atoms with Gasteiger partial charge in [-0.25, -0.2) is 4.98 Å². The fourth-order valence-corrected chi connectivity index (χ4v) is 1.87. The van der Waals surface area contributed by atoms with Crippen molar-refractivity contribution in [2.75, 3.05) is 5.32 Å². The van der Waals surface area contributed by atoms with Crippen molar-refractivity contribution >= 4 is 22.2 Å². The number of rotatable bonds is 2. The van der Waals surface area contributed by atoms with E-state index >= 15 is 0 Å². The van der Waals surface area contributed by atoms with Crippen molar-refractivity contribution in [1.82, 2.24) is 4.98 Å². The number of benzene rings is 1.